The van der Waals surface area contributed by atoms with Gasteiger partial charge in [0.05, 0.1) is 25.4 Å². The maximum atomic E-state index is 9.71. The van der Waals surface area contributed by atoms with E-state index in [9.17, 15) is 5.11 Å². The summed E-state index contributed by atoms with van der Waals surface area (Å²) in [4.78, 5) is 0. The van der Waals surface area contributed by atoms with E-state index in [2.05, 4.69) is 33.9 Å². The third-order valence-electron chi connectivity index (χ3n) is 3.38. The Hall–Kier alpha value is 0.0969. The molecule has 0 amide bonds. The van der Waals surface area contributed by atoms with Crippen LogP contribution < -0.4 is 0 Å². The van der Waals surface area contributed by atoms with Crippen molar-refractivity contribution in [3.05, 3.63) is 0 Å². The van der Waals surface area contributed by atoms with Crippen molar-refractivity contribution in [1.29, 1.82) is 0 Å². The summed E-state index contributed by atoms with van der Waals surface area (Å²) in [6, 6.07) is 0. The molecule has 104 valence electrons. The van der Waals surface area contributed by atoms with Crippen LogP contribution in [0.3, 0.4) is 0 Å². The molecule has 1 rings (SSSR count). The van der Waals surface area contributed by atoms with Gasteiger partial charge in [-0.1, -0.05) is 34.6 Å². The quantitative estimate of drug-likeness (QED) is 0.611. The summed E-state index contributed by atoms with van der Waals surface area (Å²) >= 11 is 0. The predicted molar refractivity (Wildman–Crippen MR) is 74.9 cm³/mol. The summed E-state index contributed by atoms with van der Waals surface area (Å²) in [7, 11) is -1.70. The van der Waals surface area contributed by atoms with Gasteiger partial charge in [0.2, 0.25) is 0 Å². The summed E-state index contributed by atoms with van der Waals surface area (Å²) in [6.07, 6.45) is 0.629. The SMILES string of the molecule is CC.CC(C)(C)[Si](C)(C)OCC(O)CC1CO1. The molecule has 1 heterocycles. The lowest BCUT2D eigenvalue weighted by molar-refractivity contribution is 0.0859. The summed E-state index contributed by atoms with van der Waals surface area (Å²) < 4.78 is 11.0. The highest BCUT2D eigenvalue weighted by Gasteiger charge is 2.37. The fourth-order valence-corrected chi connectivity index (χ4v) is 2.14. The van der Waals surface area contributed by atoms with Crippen molar-refractivity contribution in [3.63, 3.8) is 0 Å². The van der Waals surface area contributed by atoms with Gasteiger partial charge < -0.3 is 14.3 Å². The van der Waals surface area contributed by atoms with Crippen molar-refractivity contribution < 1.29 is 14.3 Å². The average molecular weight is 262 g/mol. The van der Waals surface area contributed by atoms with E-state index < -0.39 is 8.32 Å². The first-order valence-corrected chi connectivity index (χ1v) is 9.57. The van der Waals surface area contributed by atoms with Crippen molar-refractivity contribution in [2.75, 3.05) is 13.2 Å². The Kier molecular flexibility index (Phi) is 6.92. The van der Waals surface area contributed by atoms with E-state index in [1.54, 1.807) is 0 Å². The first-order valence-electron chi connectivity index (χ1n) is 6.66. The summed E-state index contributed by atoms with van der Waals surface area (Å²) in [5.74, 6) is 0. The zero-order valence-corrected chi connectivity index (χ0v) is 13.5. The normalized spacial score (nSPS) is 21.5. The van der Waals surface area contributed by atoms with Crippen LogP contribution in [-0.4, -0.2) is 38.8 Å². The lowest BCUT2D eigenvalue weighted by Gasteiger charge is -2.36. The zero-order chi connectivity index (χ0) is 13.7. The first kappa shape index (κ1) is 17.1. The Bertz CT molecular complexity index is 207. The fourth-order valence-electron chi connectivity index (χ4n) is 1.10. The van der Waals surface area contributed by atoms with E-state index in [0.29, 0.717) is 13.0 Å². The third kappa shape index (κ3) is 6.55. The van der Waals surface area contributed by atoms with Crippen LogP contribution in [0, 0.1) is 0 Å². The lowest BCUT2D eigenvalue weighted by atomic mass is 10.2. The number of epoxide rings is 1. The van der Waals surface area contributed by atoms with Crippen LogP contribution in [0.15, 0.2) is 0 Å². The predicted octanol–water partition coefficient (Wildman–Crippen LogP) is 3.18. The van der Waals surface area contributed by atoms with Crippen molar-refractivity contribution in [1.82, 2.24) is 0 Å². The van der Waals surface area contributed by atoms with Gasteiger partial charge in [-0.25, -0.2) is 0 Å². The molecule has 0 radical (unpaired) electrons. The number of aliphatic hydroxyl groups is 1. The van der Waals surface area contributed by atoms with E-state index in [4.69, 9.17) is 9.16 Å². The minimum atomic E-state index is -1.70. The van der Waals surface area contributed by atoms with Gasteiger partial charge >= 0.3 is 0 Å². The maximum Gasteiger partial charge on any atom is 0.192 e. The average Bonchev–Trinajstić information content (AvgIpc) is 3.00. The highest BCUT2D eigenvalue weighted by molar-refractivity contribution is 6.74. The second kappa shape index (κ2) is 6.88. The molecule has 0 aromatic heterocycles. The molecule has 0 aromatic carbocycles. The van der Waals surface area contributed by atoms with Crippen LogP contribution in [0.25, 0.3) is 0 Å². The molecule has 3 nitrogen and oxygen atoms in total. The molecule has 2 atom stereocenters. The minimum absolute atomic E-state index is 0.211. The van der Waals surface area contributed by atoms with Crippen molar-refractivity contribution >= 4 is 8.32 Å². The largest absolute Gasteiger partial charge is 0.414 e. The van der Waals surface area contributed by atoms with Crippen LogP contribution in [0.4, 0.5) is 0 Å². The molecule has 0 saturated carbocycles. The topological polar surface area (TPSA) is 42.0 Å². The number of ether oxygens (including phenoxy) is 1. The van der Waals surface area contributed by atoms with E-state index in [1.165, 1.54) is 0 Å². The summed E-state index contributed by atoms with van der Waals surface area (Å²) in [5, 5.41) is 9.92. The number of aliphatic hydroxyl groups excluding tert-OH is 1. The Morgan fingerprint density at radius 2 is 1.82 bits per heavy atom. The van der Waals surface area contributed by atoms with Crippen LogP contribution >= 0.6 is 0 Å². The van der Waals surface area contributed by atoms with Crippen molar-refractivity contribution in [2.24, 2.45) is 0 Å². The molecule has 0 bridgehead atoms. The molecule has 1 N–H and O–H groups in total. The minimum Gasteiger partial charge on any atom is -0.414 e. The summed E-state index contributed by atoms with van der Waals surface area (Å²) in [5.41, 5.74) is 0. The third-order valence-corrected chi connectivity index (χ3v) is 7.88. The number of rotatable bonds is 5. The second-order valence-electron chi connectivity index (χ2n) is 5.92. The second-order valence-corrected chi connectivity index (χ2v) is 10.7. The molecule has 1 aliphatic heterocycles. The molecule has 1 aliphatic rings. The van der Waals surface area contributed by atoms with E-state index in [-0.39, 0.29) is 17.2 Å². The molecule has 0 aromatic rings. The molecule has 0 spiro atoms. The van der Waals surface area contributed by atoms with Gasteiger partial charge in [-0.2, -0.15) is 0 Å². The van der Waals surface area contributed by atoms with Crippen LogP contribution in [-0.2, 0) is 9.16 Å². The van der Waals surface area contributed by atoms with Gasteiger partial charge in [-0.3, -0.25) is 0 Å². The summed E-state index contributed by atoms with van der Waals surface area (Å²) in [6.45, 7) is 16.3. The van der Waals surface area contributed by atoms with Crippen LogP contribution in [0.1, 0.15) is 41.0 Å². The lowest BCUT2D eigenvalue weighted by Crippen LogP contribution is -2.42. The van der Waals surface area contributed by atoms with E-state index in [0.717, 1.165) is 6.61 Å². The molecule has 1 fully saturated rings. The van der Waals surface area contributed by atoms with Gasteiger partial charge in [0.1, 0.15) is 0 Å². The van der Waals surface area contributed by atoms with Crippen LogP contribution in [0.5, 0.6) is 0 Å². The number of hydrogen-bond acceptors (Lipinski definition) is 3. The highest BCUT2D eigenvalue weighted by Crippen LogP contribution is 2.36. The zero-order valence-electron chi connectivity index (χ0n) is 12.5. The Morgan fingerprint density at radius 3 is 2.18 bits per heavy atom. The molecule has 1 saturated heterocycles. The van der Waals surface area contributed by atoms with Gasteiger partial charge in [0.25, 0.3) is 0 Å². The smallest absolute Gasteiger partial charge is 0.192 e. The Balaban J connectivity index is 0.00000121. The van der Waals surface area contributed by atoms with Gasteiger partial charge in [-0.05, 0) is 18.1 Å². The van der Waals surface area contributed by atoms with Crippen molar-refractivity contribution in [2.45, 2.75) is 71.4 Å². The molecular weight excluding hydrogens is 232 g/mol. The molecule has 2 unspecified atom stereocenters. The Labute approximate surface area is 108 Å². The first-order chi connectivity index (χ1) is 7.72. The highest BCUT2D eigenvalue weighted by atomic mass is 28.4. The van der Waals surface area contributed by atoms with Gasteiger partial charge in [0, 0.05) is 6.42 Å². The molecular formula is C13H30O3Si. The monoisotopic (exact) mass is 262 g/mol. The van der Waals surface area contributed by atoms with Crippen molar-refractivity contribution in [3.8, 4) is 0 Å². The molecule has 0 aliphatic carbocycles. The number of hydrogen-bond donors (Lipinski definition) is 1. The Morgan fingerprint density at radius 1 is 1.35 bits per heavy atom. The fraction of sp³-hybridized carbons (Fsp3) is 1.00. The van der Waals surface area contributed by atoms with Crippen LogP contribution in [0.2, 0.25) is 18.1 Å². The van der Waals surface area contributed by atoms with Gasteiger partial charge in [0.15, 0.2) is 8.32 Å². The van der Waals surface area contributed by atoms with Gasteiger partial charge in [-0.15, -0.1) is 0 Å². The molecule has 4 heteroatoms. The maximum absolute atomic E-state index is 9.71. The van der Waals surface area contributed by atoms with E-state index in [1.807, 2.05) is 13.8 Å². The van der Waals surface area contributed by atoms with E-state index >= 15 is 0 Å². The molecule has 17 heavy (non-hydrogen) atoms. The standard InChI is InChI=1S/C11H24O3Si.C2H6/c1-11(2,3)15(4,5)14-7-9(12)6-10-8-13-10;1-2/h9-10,12H,6-8H2,1-5H3;1-2H3.